The third-order valence-electron chi connectivity index (χ3n) is 5.21. The highest BCUT2D eigenvalue weighted by Gasteiger charge is 2.16. The van der Waals surface area contributed by atoms with Crippen LogP contribution in [0.25, 0.3) is 34.0 Å². The normalized spacial score (nSPS) is 10.9. The number of hydrogen-bond donors (Lipinski definition) is 2. The molecular weight excluding hydrogens is 439 g/mol. The van der Waals surface area contributed by atoms with Crippen molar-refractivity contribution in [3.63, 3.8) is 0 Å². The van der Waals surface area contributed by atoms with E-state index in [0.717, 1.165) is 16.7 Å². The first kappa shape index (κ1) is 23.1. The van der Waals surface area contributed by atoms with Gasteiger partial charge in [-0.05, 0) is 47.9 Å². The van der Waals surface area contributed by atoms with Crippen molar-refractivity contribution in [1.82, 2.24) is 15.1 Å². The first-order valence-electron chi connectivity index (χ1n) is 10.6. The molecule has 0 aliphatic carbocycles. The van der Waals surface area contributed by atoms with E-state index in [1.54, 1.807) is 37.6 Å². The molecule has 174 valence electrons. The number of pyridine rings is 1. The summed E-state index contributed by atoms with van der Waals surface area (Å²) in [5.74, 6) is 0.0951. The third-order valence-corrected chi connectivity index (χ3v) is 5.21. The number of methoxy groups -OCH3 is 1. The molecule has 0 spiro atoms. The van der Waals surface area contributed by atoms with Crippen LogP contribution in [0.5, 0.6) is 0 Å². The van der Waals surface area contributed by atoms with Gasteiger partial charge in [0.25, 0.3) is 5.89 Å². The van der Waals surface area contributed by atoms with Gasteiger partial charge >= 0.3 is 5.97 Å². The average molecular weight is 462 g/mol. The van der Waals surface area contributed by atoms with Crippen molar-refractivity contribution in [1.29, 1.82) is 0 Å². The maximum Gasteiger partial charge on any atom is 0.305 e. The summed E-state index contributed by atoms with van der Waals surface area (Å²) in [6, 6.07) is 13.9. The second-order valence-corrected chi connectivity index (χ2v) is 7.67. The summed E-state index contributed by atoms with van der Waals surface area (Å²) < 4.78 is 25.2. The number of ether oxygens (including phenoxy) is 1. The summed E-state index contributed by atoms with van der Waals surface area (Å²) in [6.45, 7) is 2.43. The van der Waals surface area contributed by atoms with Gasteiger partial charge in [0.15, 0.2) is 0 Å². The number of carboxylic acid groups (broad SMARTS) is 1. The number of nitrogens with one attached hydrogen (secondary N) is 1. The second kappa shape index (κ2) is 10.2. The highest BCUT2D eigenvalue weighted by Crippen LogP contribution is 2.31. The van der Waals surface area contributed by atoms with Crippen LogP contribution in [0.15, 0.2) is 59.3 Å². The van der Waals surface area contributed by atoms with Gasteiger partial charge in [0.05, 0.1) is 13.0 Å². The molecule has 8 nitrogen and oxygen atoms in total. The van der Waals surface area contributed by atoms with E-state index >= 15 is 0 Å². The molecule has 0 radical (unpaired) electrons. The van der Waals surface area contributed by atoms with Crippen molar-refractivity contribution in [2.45, 2.75) is 20.0 Å². The maximum absolute atomic E-state index is 14.4. The number of nitrogens with zero attached hydrogens (tertiary/aromatic N) is 3. The fourth-order valence-electron chi connectivity index (χ4n) is 3.57. The quantitative estimate of drug-likeness (QED) is 0.360. The minimum atomic E-state index is -0.878. The van der Waals surface area contributed by atoms with Gasteiger partial charge in [0, 0.05) is 36.5 Å². The highest BCUT2D eigenvalue weighted by atomic mass is 19.1. The molecule has 9 heteroatoms. The van der Waals surface area contributed by atoms with Crippen LogP contribution in [-0.4, -0.2) is 39.9 Å². The van der Waals surface area contributed by atoms with Gasteiger partial charge in [0.1, 0.15) is 11.6 Å². The number of carboxylic acids is 1. The summed E-state index contributed by atoms with van der Waals surface area (Å²) in [6.07, 6.45) is 1.60. The minimum Gasteiger partial charge on any atom is -0.481 e. The Morgan fingerprint density at radius 1 is 1.15 bits per heavy atom. The summed E-state index contributed by atoms with van der Waals surface area (Å²) in [5.41, 5.74) is 4.18. The highest BCUT2D eigenvalue weighted by molar-refractivity contribution is 5.72. The Hall–Kier alpha value is -4.11. The van der Waals surface area contributed by atoms with E-state index in [4.69, 9.17) is 14.4 Å². The van der Waals surface area contributed by atoms with E-state index in [1.807, 2.05) is 25.1 Å². The monoisotopic (exact) mass is 462 g/mol. The van der Waals surface area contributed by atoms with E-state index in [1.165, 1.54) is 6.07 Å². The number of benzene rings is 2. The topological polar surface area (TPSA) is 110 Å². The van der Waals surface area contributed by atoms with Crippen molar-refractivity contribution in [2.24, 2.45) is 0 Å². The molecule has 0 atom stereocenters. The lowest BCUT2D eigenvalue weighted by atomic mass is 9.97. The van der Waals surface area contributed by atoms with Gasteiger partial charge in [-0.25, -0.2) is 9.37 Å². The van der Waals surface area contributed by atoms with Gasteiger partial charge in [-0.3, -0.25) is 4.79 Å². The largest absolute Gasteiger partial charge is 0.481 e. The molecule has 0 saturated heterocycles. The zero-order chi connectivity index (χ0) is 24.1. The third kappa shape index (κ3) is 5.10. The molecule has 2 aromatic carbocycles. The zero-order valence-corrected chi connectivity index (χ0v) is 18.7. The number of anilines is 1. The van der Waals surface area contributed by atoms with Gasteiger partial charge in [-0.1, -0.05) is 29.4 Å². The van der Waals surface area contributed by atoms with Gasteiger partial charge in [0.2, 0.25) is 5.82 Å². The molecule has 0 aliphatic heterocycles. The SMILES string of the molecule is COCc1cc(-c2nc(-c3cnc(NCCC(=O)O)c(C)c3)no2)ccc1-c1ccccc1F. The summed E-state index contributed by atoms with van der Waals surface area (Å²) in [5, 5.41) is 15.8. The molecule has 0 bridgehead atoms. The molecule has 4 aromatic rings. The molecule has 0 aliphatic rings. The number of aliphatic carboxylic acids is 1. The summed E-state index contributed by atoms with van der Waals surface area (Å²) in [4.78, 5) is 19.5. The van der Waals surface area contributed by atoms with E-state index in [9.17, 15) is 9.18 Å². The molecular formula is C25H23FN4O4. The molecule has 34 heavy (non-hydrogen) atoms. The zero-order valence-electron chi connectivity index (χ0n) is 18.7. The lowest BCUT2D eigenvalue weighted by molar-refractivity contribution is -0.136. The van der Waals surface area contributed by atoms with Crippen LogP contribution in [0.4, 0.5) is 10.2 Å². The average Bonchev–Trinajstić information content (AvgIpc) is 3.31. The molecule has 0 unspecified atom stereocenters. The van der Waals surface area contributed by atoms with E-state index in [0.29, 0.717) is 34.2 Å². The number of halogens is 1. The predicted octanol–water partition coefficient (Wildman–Crippen LogP) is 4.95. The molecule has 0 amide bonds. The van der Waals surface area contributed by atoms with Crippen molar-refractivity contribution < 1.29 is 23.6 Å². The summed E-state index contributed by atoms with van der Waals surface area (Å²) >= 11 is 0. The number of hydrogen-bond acceptors (Lipinski definition) is 7. The lowest BCUT2D eigenvalue weighted by Crippen LogP contribution is -2.09. The Labute approximate surface area is 195 Å². The molecule has 0 saturated carbocycles. The van der Waals surface area contributed by atoms with Crippen molar-refractivity contribution in [3.8, 4) is 34.0 Å². The van der Waals surface area contributed by atoms with Crippen molar-refractivity contribution in [2.75, 3.05) is 19.0 Å². The van der Waals surface area contributed by atoms with Crippen LogP contribution in [-0.2, 0) is 16.1 Å². The first-order chi connectivity index (χ1) is 16.5. The molecule has 2 N–H and O–H groups in total. The molecule has 4 rings (SSSR count). The fraction of sp³-hybridized carbons (Fsp3) is 0.200. The smallest absolute Gasteiger partial charge is 0.305 e. The Balaban J connectivity index is 1.59. The van der Waals surface area contributed by atoms with Crippen LogP contribution in [0, 0.1) is 12.7 Å². The van der Waals surface area contributed by atoms with E-state index in [2.05, 4.69) is 20.4 Å². The maximum atomic E-state index is 14.4. The first-order valence-corrected chi connectivity index (χ1v) is 10.6. The predicted molar refractivity (Wildman–Crippen MR) is 125 cm³/mol. The van der Waals surface area contributed by atoms with Crippen LogP contribution >= 0.6 is 0 Å². The van der Waals surface area contributed by atoms with Gasteiger partial charge in [-0.15, -0.1) is 0 Å². The van der Waals surface area contributed by atoms with Crippen LogP contribution in [0.2, 0.25) is 0 Å². The standard InChI is InChI=1S/C25H23FN4O4/c1-15-11-17(13-28-23(15)27-10-9-22(31)32)24-29-25(34-30-24)16-7-8-19(18(12-16)14-33-2)20-5-3-4-6-21(20)26/h3-8,11-13H,9-10,14H2,1-2H3,(H,27,28)(H,31,32). The number of carbonyl (C=O) groups is 1. The molecule has 2 heterocycles. The Bertz CT molecular complexity index is 1320. The number of aryl methyl sites for hydroxylation is 1. The number of aromatic nitrogens is 3. The van der Waals surface area contributed by atoms with Crippen molar-refractivity contribution in [3.05, 3.63) is 71.7 Å². The van der Waals surface area contributed by atoms with Crippen LogP contribution < -0.4 is 5.32 Å². The fourth-order valence-corrected chi connectivity index (χ4v) is 3.57. The molecule has 2 aromatic heterocycles. The van der Waals surface area contributed by atoms with Crippen LogP contribution in [0.1, 0.15) is 17.5 Å². The molecule has 0 fully saturated rings. The lowest BCUT2D eigenvalue weighted by Gasteiger charge is -2.11. The summed E-state index contributed by atoms with van der Waals surface area (Å²) in [7, 11) is 1.58. The second-order valence-electron chi connectivity index (χ2n) is 7.67. The van der Waals surface area contributed by atoms with Crippen LogP contribution in [0.3, 0.4) is 0 Å². The number of rotatable bonds is 9. The minimum absolute atomic E-state index is 0.00215. The van der Waals surface area contributed by atoms with Gasteiger partial charge in [-0.2, -0.15) is 4.98 Å². The Morgan fingerprint density at radius 3 is 2.71 bits per heavy atom. The van der Waals surface area contributed by atoms with E-state index in [-0.39, 0.29) is 25.4 Å². The van der Waals surface area contributed by atoms with E-state index < -0.39 is 5.97 Å². The Kier molecular flexibility index (Phi) is 6.93. The Morgan fingerprint density at radius 2 is 1.97 bits per heavy atom. The van der Waals surface area contributed by atoms with Crippen molar-refractivity contribution >= 4 is 11.8 Å². The van der Waals surface area contributed by atoms with Gasteiger partial charge < -0.3 is 19.7 Å².